The number of hydrogen-bond acceptors (Lipinski definition) is 6. The maximum atomic E-state index is 15.2. The quantitative estimate of drug-likeness (QED) is 0.171. The first kappa shape index (κ1) is 46.0. The average molecular weight is 931 g/mol. The summed E-state index contributed by atoms with van der Waals surface area (Å²) in [6.07, 6.45) is 5.85. The molecule has 7 heteroatoms. The molecule has 1 amide bonds. The van der Waals surface area contributed by atoms with Gasteiger partial charge in [0.15, 0.2) is 0 Å². The second-order valence-electron chi connectivity index (χ2n) is 20.9. The highest BCUT2D eigenvalue weighted by atomic mass is 16.2. The van der Waals surface area contributed by atoms with Crippen LogP contribution in [0.5, 0.6) is 0 Å². The maximum Gasteiger partial charge on any atom is 0.270 e. The van der Waals surface area contributed by atoms with E-state index in [1.54, 1.807) is 0 Å². The summed E-state index contributed by atoms with van der Waals surface area (Å²) in [5.41, 5.74) is 22.1. The predicted octanol–water partition coefficient (Wildman–Crippen LogP) is 15.9. The molecule has 7 nitrogen and oxygen atoms in total. The zero-order valence-electron chi connectivity index (χ0n) is 43.1. The number of nitrogens with zero attached hydrogens (tertiary/aromatic N) is 5. The van der Waals surface area contributed by atoms with E-state index < -0.39 is 0 Å². The highest BCUT2D eigenvalue weighted by molar-refractivity contribution is 6.08. The number of fused-ring (bicyclic) bond motifs is 5. The van der Waals surface area contributed by atoms with Crippen molar-refractivity contribution in [1.29, 1.82) is 0 Å². The summed E-state index contributed by atoms with van der Waals surface area (Å²) in [5, 5.41) is 8.75. The van der Waals surface area contributed by atoms with Gasteiger partial charge in [-0.25, -0.2) is 24.9 Å². The van der Waals surface area contributed by atoms with Gasteiger partial charge >= 0.3 is 0 Å². The molecule has 0 saturated heterocycles. The van der Waals surface area contributed by atoms with Crippen molar-refractivity contribution < 1.29 is 4.79 Å². The minimum atomic E-state index is -0.190. The van der Waals surface area contributed by atoms with E-state index in [2.05, 4.69) is 179 Å². The molecule has 354 valence electrons. The van der Waals surface area contributed by atoms with Crippen molar-refractivity contribution in [2.75, 3.05) is 0 Å². The molecule has 0 unspecified atom stereocenters. The normalized spacial score (nSPS) is 13.8. The lowest BCUT2D eigenvalue weighted by Gasteiger charge is -2.28. The van der Waals surface area contributed by atoms with Gasteiger partial charge in [-0.2, -0.15) is 0 Å². The monoisotopic (exact) mass is 930 g/mol. The fraction of sp³-hybridized carbons (Fsp3) is 0.281. The molecule has 5 aromatic heterocycles. The molecule has 71 heavy (non-hydrogen) atoms. The Hall–Kier alpha value is -7.38. The lowest BCUT2D eigenvalue weighted by molar-refractivity contribution is 0.0915. The first-order valence-electron chi connectivity index (χ1n) is 25.5. The second kappa shape index (κ2) is 17.8. The van der Waals surface area contributed by atoms with Gasteiger partial charge in [-0.1, -0.05) is 86.0 Å². The number of nitrogens with one attached hydrogen (secondary N) is 1. The molecule has 0 spiro atoms. The molecule has 0 aliphatic heterocycles. The Morgan fingerprint density at radius 3 is 1.23 bits per heavy atom. The maximum absolute atomic E-state index is 15.2. The van der Waals surface area contributed by atoms with Gasteiger partial charge in [0.05, 0.1) is 50.4 Å². The molecule has 1 aliphatic carbocycles. The summed E-state index contributed by atoms with van der Waals surface area (Å²) >= 11 is 0. The van der Waals surface area contributed by atoms with E-state index in [4.69, 9.17) is 24.9 Å². The Kier molecular flexibility index (Phi) is 11.5. The van der Waals surface area contributed by atoms with Crippen LogP contribution in [0.2, 0.25) is 0 Å². The fourth-order valence-corrected chi connectivity index (χ4v) is 11.3. The summed E-state index contributed by atoms with van der Waals surface area (Å²) in [4.78, 5) is 43.3. The SMILES string of the molecule is Cc1ccc(C)c2nc(-c3cc4c(C)ccc(C)c4nc3-c3cc4c(C)ccc(C)c4nc3-c3cc4c(C)ccc(C)c4nc3-c3cc4c(C)ccc(C)c4nc3C(=O)N[C@@H](C)C3CCCCC3)ccc12. The molecule has 1 atom stereocenters. The van der Waals surface area contributed by atoms with Crippen LogP contribution in [-0.2, 0) is 0 Å². The molecule has 1 N–H and O–H groups in total. The average Bonchev–Trinajstić information content (AvgIpc) is 3.38. The van der Waals surface area contributed by atoms with E-state index in [0.29, 0.717) is 22.9 Å². The summed E-state index contributed by atoms with van der Waals surface area (Å²) in [5.74, 6) is 0.225. The van der Waals surface area contributed by atoms with Crippen molar-refractivity contribution in [3.05, 3.63) is 158 Å². The largest absolute Gasteiger partial charge is 0.348 e. The van der Waals surface area contributed by atoms with Gasteiger partial charge in [0, 0.05) is 55.2 Å². The second-order valence-corrected chi connectivity index (χ2v) is 20.9. The molecule has 0 radical (unpaired) electrons. The van der Waals surface area contributed by atoms with Gasteiger partial charge in [-0.05, 0) is 181 Å². The van der Waals surface area contributed by atoms with Gasteiger partial charge in [0.2, 0.25) is 0 Å². The van der Waals surface area contributed by atoms with Crippen LogP contribution in [0.15, 0.2) is 97.1 Å². The Morgan fingerprint density at radius 1 is 0.408 bits per heavy atom. The van der Waals surface area contributed by atoms with Crippen molar-refractivity contribution >= 4 is 60.4 Å². The van der Waals surface area contributed by atoms with Gasteiger partial charge in [-0.3, -0.25) is 4.79 Å². The zero-order chi connectivity index (χ0) is 49.6. The number of pyridine rings is 5. The molecular formula is C64H62N6O. The topological polar surface area (TPSA) is 93.6 Å². The van der Waals surface area contributed by atoms with Crippen LogP contribution in [0, 0.1) is 75.2 Å². The van der Waals surface area contributed by atoms with Crippen LogP contribution >= 0.6 is 0 Å². The molecule has 5 heterocycles. The number of carbonyl (C=O) groups excluding carboxylic acids is 1. The predicted molar refractivity (Wildman–Crippen MR) is 296 cm³/mol. The van der Waals surface area contributed by atoms with Crippen LogP contribution in [0.25, 0.3) is 99.5 Å². The molecule has 11 rings (SSSR count). The number of rotatable bonds is 7. The summed E-state index contributed by atoms with van der Waals surface area (Å²) < 4.78 is 0. The van der Waals surface area contributed by atoms with E-state index >= 15 is 4.79 Å². The highest BCUT2D eigenvalue weighted by Gasteiger charge is 2.29. The van der Waals surface area contributed by atoms with E-state index in [1.807, 2.05) is 0 Å². The third-order valence-corrected chi connectivity index (χ3v) is 15.9. The van der Waals surface area contributed by atoms with E-state index in [-0.39, 0.29) is 11.9 Å². The number of amides is 1. The minimum absolute atomic E-state index is 0.0124. The molecule has 1 aliphatic rings. The Morgan fingerprint density at radius 2 is 0.761 bits per heavy atom. The van der Waals surface area contributed by atoms with Gasteiger partial charge < -0.3 is 5.32 Å². The van der Waals surface area contributed by atoms with Crippen molar-refractivity contribution in [1.82, 2.24) is 30.2 Å². The van der Waals surface area contributed by atoms with Crippen LogP contribution in [0.4, 0.5) is 0 Å². The molecule has 10 aromatic rings. The molecule has 5 aromatic carbocycles. The fourth-order valence-electron chi connectivity index (χ4n) is 11.3. The Bertz CT molecular complexity index is 3880. The van der Waals surface area contributed by atoms with Gasteiger partial charge in [0.25, 0.3) is 5.91 Å². The number of aryl methyl sites for hydroxylation is 10. The minimum Gasteiger partial charge on any atom is -0.348 e. The first-order chi connectivity index (χ1) is 34.1. The lowest BCUT2D eigenvalue weighted by Crippen LogP contribution is -2.39. The molecular weight excluding hydrogens is 869 g/mol. The van der Waals surface area contributed by atoms with E-state index in [9.17, 15) is 0 Å². The van der Waals surface area contributed by atoms with Gasteiger partial charge in [0.1, 0.15) is 5.69 Å². The smallest absolute Gasteiger partial charge is 0.270 e. The highest BCUT2D eigenvalue weighted by Crippen LogP contribution is 2.46. The van der Waals surface area contributed by atoms with Crippen LogP contribution in [0.1, 0.15) is 105 Å². The zero-order valence-corrected chi connectivity index (χ0v) is 43.1. The van der Waals surface area contributed by atoms with Crippen molar-refractivity contribution in [3.8, 4) is 45.0 Å². The number of benzene rings is 5. The number of aromatic nitrogens is 5. The Balaban J connectivity index is 1.28. The molecule has 0 bridgehead atoms. The lowest BCUT2D eigenvalue weighted by atomic mass is 9.84. The van der Waals surface area contributed by atoms with Crippen molar-refractivity contribution in [2.45, 2.75) is 114 Å². The van der Waals surface area contributed by atoms with Crippen LogP contribution in [0.3, 0.4) is 0 Å². The number of hydrogen-bond donors (Lipinski definition) is 1. The third-order valence-electron chi connectivity index (χ3n) is 15.9. The van der Waals surface area contributed by atoms with Crippen molar-refractivity contribution in [2.24, 2.45) is 5.92 Å². The summed E-state index contributed by atoms with van der Waals surface area (Å²) in [6, 6.07) is 34.9. The van der Waals surface area contributed by atoms with Crippen LogP contribution < -0.4 is 5.32 Å². The van der Waals surface area contributed by atoms with Crippen molar-refractivity contribution in [3.63, 3.8) is 0 Å². The standard InChI is InChI=1S/C64H62N6O/c1-33-17-22-38(6)55-45(33)27-28-54(66-55)50-29-46-34(2)18-23-39(7)56(46)67-60(50)51-30-47-35(3)19-24-40(8)57(47)68-61(51)52-31-48-36(4)20-25-41(9)58(48)69-62(52)53-32-49-37(5)21-26-42(10)59(49)70-63(53)64(71)65-43(11)44-15-13-12-14-16-44/h17-32,43-44H,12-16H2,1-11H3,(H,65,71)/t43-/m0/s1. The van der Waals surface area contributed by atoms with Gasteiger partial charge in [-0.15, -0.1) is 0 Å². The summed E-state index contributed by atoms with van der Waals surface area (Å²) in [6.45, 7) is 23.5. The molecule has 1 fully saturated rings. The first-order valence-corrected chi connectivity index (χ1v) is 25.5. The number of carbonyl (C=O) groups is 1. The van der Waals surface area contributed by atoms with E-state index in [0.717, 1.165) is 151 Å². The summed E-state index contributed by atoms with van der Waals surface area (Å²) in [7, 11) is 0. The van der Waals surface area contributed by atoms with Crippen LogP contribution in [-0.4, -0.2) is 36.9 Å². The third kappa shape index (κ3) is 7.90. The molecule has 1 saturated carbocycles. The van der Waals surface area contributed by atoms with E-state index in [1.165, 1.54) is 24.8 Å². The Labute approximate surface area is 417 Å².